The Morgan fingerprint density at radius 1 is 1.15 bits per heavy atom. The Morgan fingerprint density at radius 2 is 1.85 bits per heavy atom. The SMILES string of the molecule is CN(C(=N)CCCCN1CC[C@]2(C[C@H]2c2ccc(C(F)(F)F)cc2)C1)C(=N)C1CCOCC1. The molecule has 2 aliphatic heterocycles. The van der Waals surface area contributed by atoms with E-state index in [2.05, 4.69) is 4.90 Å². The highest BCUT2D eigenvalue weighted by Crippen LogP contribution is 2.64. The molecule has 33 heavy (non-hydrogen) atoms. The zero-order valence-corrected chi connectivity index (χ0v) is 19.4. The van der Waals surface area contributed by atoms with Crippen LogP contribution in [0.3, 0.4) is 0 Å². The molecular weight excluding hydrogens is 429 g/mol. The number of hydrogen-bond donors (Lipinski definition) is 2. The fourth-order valence-electron chi connectivity index (χ4n) is 5.54. The molecule has 0 radical (unpaired) electrons. The first kappa shape index (κ1) is 24.2. The maximum absolute atomic E-state index is 12.8. The van der Waals surface area contributed by atoms with Crippen molar-refractivity contribution in [3.8, 4) is 0 Å². The van der Waals surface area contributed by atoms with Crippen LogP contribution in [-0.2, 0) is 10.9 Å². The zero-order chi connectivity index (χ0) is 23.6. The smallest absolute Gasteiger partial charge is 0.381 e. The predicted octanol–water partition coefficient (Wildman–Crippen LogP) is 5.37. The van der Waals surface area contributed by atoms with E-state index in [0.29, 0.717) is 37.2 Å². The van der Waals surface area contributed by atoms with Gasteiger partial charge in [0.15, 0.2) is 0 Å². The molecule has 5 nitrogen and oxygen atoms in total. The quantitative estimate of drug-likeness (QED) is 0.324. The van der Waals surface area contributed by atoms with Gasteiger partial charge in [0, 0.05) is 39.1 Å². The molecule has 0 amide bonds. The second-order valence-corrected chi connectivity index (χ2v) is 10.00. The highest BCUT2D eigenvalue weighted by Gasteiger charge is 2.57. The standard InChI is InChI=1S/C25H35F3N4O/c1-31(23(30)19-9-14-33-15-10-19)22(29)4-2-3-12-32-13-11-24(17-32)16-21(24)18-5-7-20(8-6-18)25(26,27)28/h5-8,19,21,29-30H,2-4,9-17H2,1H3/t21-,24-/m0/s1. The van der Waals surface area contributed by atoms with E-state index in [9.17, 15) is 13.2 Å². The molecule has 1 aromatic rings. The van der Waals surface area contributed by atoms with Crippen molar-refractivity contribution < 1.29 is 17.9 Å². The Morgan fingerprint density at radius 3 is 2.52 bits per heavy atom. The first-order valence-electron chi connectivity index (χ1n) is 12.1. The Bertz CT molecular complexity index is 850. The van der Waals surface area contributed by atoms with Crippen molar-refractivity contribution in [3.63, 3.8) is 0 Å². The van der Waals surface area contributed by atoms with Crippen LogP contribution in [0.2, 0.25) is 0 Å². The number of ether oxygens (including phenoxy) is 1. The lowest BCUT2D eigenvalue weighted by molar-refractivity contribution is -0.137. The second kappa shape index (κ2) is 9.74. The van der Waals surface area contributed by atoms with Crippen molar-refractivity contribution in [1.82, 2.24) is 9.80 Å². The summed E-state index contributed by atoms with van der Waals surface area (Å²) in [5.41, 5.74) is 0.701. The Kier molecular flexibility index (Phi) is 7.15. The van der Waals surface area contributed by atoms with Gasteiger partial charge in [0.2, 0.25) is 0 Å². The number of nitrogens with zero attached hydrogens (tertiary/aromatic N) is 2. The number of rotatable bonds is 7. The van der Waals surface area contributed by atoms with Crippen molar-refractivity contribution in [3.05, 3.63) is 35.4 Å². The molecule has 0 aromatic heterocycles. The van der Waals surface area contributed by atoms with Crippen LogP contribution in [0.15, 0.2) is 24.3 Å². The number of nitrogens with one attached hydrogen (secondary N) is 2. The van der Waals surface area contributed by atoms with Gasteiger partial charge in [-0.15, -0.1) is 0 Å². The fraction of sp³-hybridized carbons (Fsp3) is 0.680. The van der Waals surface area contributed by atoms with Gasteiger partial charge in [0.1, 0.15) is 11.7 Å². The number of likely N-dealkylation sites (tertiary alicyclic amines) is 1. The Balaban J connectivity index is 1.16. The largest absolute Gasteiger partial charge is 0.416 e. The minimum atomic E-state index is -4.28. The molecule has 1 spiro atoms. The number of unbranched alkanes of at least 4 members (excludes halogenated alkanes) is 1. The maximum Gasteiger partial charge on any atom is 0.416 e. The topological polar surface area (TPSA) is 63.4 Å². The first-order chi connectivity index (χ1) is 15.7. The number of hydrogen-bond acceptors (Lipinski definition) is 4. The molecule has 4 rings (SSSR count). The van der Waals surface area contributed by atoms with E-state index in [-0.39, 0.29) is 11.3 Å². The predicted molar refractivity (Wildman–Crippen MR) is 123 cm³/mol. The molecular formula is C25H35F3N4O. The summed E-state index contributed by atoms with van der Waals surface area (Å²) in [6, 6.07) is 5.74. The maximum atomic E-state index is 12.8. The molecule has 1 saturated carbocycles. The molecule has 2 saturated heterocycles. The van der Waals surface area contributed by atoms with Crippen LogP contribution in [0.5, 0.6) is 0 Å². The summed E-state index contributed by atoms with van der Waals surface area (Å²) in [7, 11) is 1.83. The van der Waals surface area contributed by atoms with Gasteiger partial charge < -0.3 is 14.5 Å². The van der Waals surface area contributed by atoms with E-state index in [1.165, 1.54) is 12.1 Å². The summed E-state index contributed by atoms with van der Waals surface area (Å²) in [6.45, 7) is 4.46. The number of alkyl halides is 3. The van der Waals surface area contributed by atoms with Crippen LogP contribution in [0.4, 0.5) is 13.2 Å². The van der Waals surface area contributed by atoms with Crippen LogP contribution in [0.1, 0.15) is 62.0 Å². The highest BCUT2D eigenvalue weighted by molar-refractivity contribution is 5.98. The van der Waals surface area contributed by atoms with E-state index in [1.807, 2.05) is 7.05 Å². The van der Waals surface area contributed by atoms with Crippen molar-refractivity contribution in [1.29, 1.82) is 10.8 Å². The zero-order valence-electron chi connectivity index (χ0n) is 19.4. The Hall–Kier alpha value is -1.93. The summed E-state index contributed by atoms with van der Waals surface area (Å²) >= 11 is 0. The van der Waals surface area contributed by atoms with Gasteiger partial charge in [-0.1, -0.05) is 12.1 Å². The molecule has 0 bridgehead atoms. The van der Waals surface area contributed by atoms with Crippen LogP contribution in [0.25, 0.3) is 0 Å². The van der Waals surface area contributed by atoms with Crippen molar-refractivity contribution in [2.75, 3.05) is 39.9 Å². The third kappa shape index (κ3) is 5.60. The minimum Gasteiger partial charge on any atom is -0.381 e. The molecule has 0 unspecified atom stereocenters. The van der Waals surface area contributed by atoms with Crippen LogP contribution in [0, 0.1) is 22.2 Å². The van der Waals surface area contributed by atoms with Gasteiger partial charge in [-0.2, -0.15) is 13.2 Å². The van der Waals surface area contributed by atoms with Crippen molar-refractivity contribution in [2.45, 2.75) is 57.0 Å². The fourth-order valence-corrected chi connectivity index (χ4v) is 5.54. The van der Waals surface area contributed by atoms with Crippen LogP contribution >= 0.6 is 0 Å². The van der Waals surface area contributed by atoms with E-state index >= 15 is 0 Å². The van der Waals surface area contributed by atoms with E-state index in [4.69, 9.17) is 15.6 Å². The lowest BCUT2D eigenvalue weighted by atomic mass is 9.97. The normalized spacial score (nSPS) is 26.0. The average Bonchev–Trinajstić information content (AvgIpc) is 3.36. The van der Waals surface area contributed by atoms with Crippen molar-refractivity contribution >= 4 is 11.7 Å². The summed E-state index contributed by atoms with van der Waals surface area (Å²) in [5, 5.41) is 16.7. The molecule has 3 fully saturated rings. The van der Waals surface area contributed by atoms with E-state index in [1.54, 1.807) is 17.0 Å². The van der Waals surface area contributed by atoms with Crippen molar-refractivity contribution in [2.24, 2.45) is 11.3 Å². The lowest BCUT2D eigenvalue weighted by Gasteiger charge is -2.29. The third-order valence-corrected chi connectivity index (χ3v) is 7.81. The number of benzene rings is 1. The van der Waals surface area contributed by atoms with Gasteiger partial charge in [-0.3, -0.25) is 10.8 Å². The molecule has 1 aromatic carbocycles. The summed E-state index contributed by atoms with van der Waals surface area (Å²) in [6.07, 6.45) is 2.24. The summed E-state index contributed by atoms with van der Waals surface area (Å²) < 4.78 is 43.8. The molecule has 3 aliphatic rings. The summed E-state index contributed by atoms with van der Waals surface area (Å²) in [5.74, 6) is 1.62. The highest BCUT2D eigenvalue weighted by atomic mass is 19.4. The number of halogens is 3. The summed E-state index contributed by atoms with van der Waals surface area (Å²) in [4.78, 5) is 4.21. The molecule has 2 heterocycles. The van der Waals surface area contributed by atoms with E-state index in [0.717, 1.165) is 63.7 Å². The van der Waals surface area contributed by atoms with E-state index < -0.39 is 11.7 Å². The van der Waals surface area contributed by atoms with Crippen LogP contribution < -0.4 is 0 Å². The van der Waals surface area contributed by atoms with Gasteiger partial charge in [0.25, 0.3) is 0 Å². The van der Waals surface area contributed by atoms with Crippen LogP contribution in [-0.4, -0.2) is 61.4 Å². The molecule has 8 heteroatoms. The third-order valence-electron chi connectivity index (χ3n) is 7.81. The van der Waals surface area contributed by atoms with Gasteiger partial charge in [-0.25, -0.2) is 0 Å². The second-order valence-electron chi connectivity index (χ2n) is 10.00. The lowest BCUT2D eigenvalue weighted by Crippen LogP contribution is -2.39. The molecule has 2 atom stereocenters. The first-order valence-corrected chi connectivity index (χ1v) is 12.1. The van der Waals surface area contributed by atoms with Gasteiger partial charge in [0.05, 0.1) is 5.56 Å². The monoisotopic (exact) mass is 464 g/mol. The molecule has 182 valence electrons. The molecule has 2 N–H and O–H groups in total. The number of amidine groups is 2. The van der Waals surface area contributed by atoms with Gasteiger partial charge in [-0.05, 0) is 80.6 Å². The average molecular weight is 465 g/mol. The minimum absolute atomic E-state index is 0.195. The molecule has 1 aliphatic carbocycles. The van der Waals surface area contributed by atoms with Gasteiger partial charge >= 0.3 is 6.18 Å². The Labute approximate surface area is 194 Å².